The maximum Gasteiger partial charge on any atom is 0.0573 e. The average Bonchev–Trinajstić information content (AvgIpc) is 2.48. The number of nitrogens with one attached hydrogen (secondary N) is 1. The highest BCUT2D eigenvalue weighted by atomic mass is 15.2. The summed E-state index contributed by atoms with van der Waals surface area (Å²) in [7, 11) is 0. The molecule has 0 bridgehead atoms. The Kier molecular flexibility index (Phi) is 5.99. The largest absolute Gasteiger partial charge is 0.314 e. The maximum atomic E-state index is 4.53. The standard InChI is InChI=1S/C17H29N3/c1-4-9-18-16-8-11-20(12-15(16)5-2)13-17-14(3)7-6-10-19-17/h6-7,10,15-16,18H,4-5,8-9,11-13H2,1-3H3. The van der Waals surface area contributed by atoms with Gasteiger partial charge in [0.2, 0.25) is 0 Å². The summed E-state index contributed by atoms with van der Waals surface area (Å²) in [6, 6.07) is 4.89. The van der Waals surface area contributed by atoms with E-state index in [4.69, 9.17) is 0 Å². The number of piperidine rings is 1. The lowest BCUT2D eigenvalue weighted by molar-refractivity contribution is 0.127. The second-order valence-corrected chi connectivity index (χ2v) is 6.02. The minimum atomic E-state index is 0.709. The summed E-state index contributed by atoms with van der Waals surface area (Å²) in [6.07, 6.45) is 5.67. The Hall–Kier alpha value is -0.930. The Balaban J connectivity index is 1.91. The second kappa shape index (κ2) is 7.75. The van der Waals surface area contributed by atoms with Gasteiger partial charge in [-0.3, -0.25) is 9.88 Å². The van der Waals surface area contributed by atoms with Gasteiger partial charge < -0.3 is 5.32 Å². The number of pyridine rings is 1. The van der Waals surface area contributed by atoms with Crippen LogP contribution in [0.5, 0.6) is 0 Å². The zero-order valence-electron chi connectivity index (χ0n) is 13.2. The monoisotopic (exact) mass is 275 g/mol. The van der Waals surface area contributed by atoms with E-state index >= 15 is 0 Å². The first kappa shape index (κ1) is 15.5. The van der Waals surface area contributed by atoms with E-state index < -0.39 is 0 Å². The molecular weight excluding hydrogens is 246 g/mol. The molecule has 0 aromatic carbocycles. The normalized spacial score (nSPS) is 23.9. The summed E-state index contributed by atoms with van der Waals surface area (Å²) in [5.41, 5.74) is 2.55. The molecule has 2 atom stereocenters. The molecular formula is C17H29N3. The van der Waals surface area contributed by atoms with E-state index in [1.54, 1.807) is 0 Å². The highest BCUT2D eigenvalue weighted by Crippen LogP contribution is 2.22. The van der Waals surface area contributed by atoms with Crippen LogP contribution >= 0.6 is 0 Å². The second-order valence-electron chi connectivity index (χ2n) is 6.02. The van der Waals surface area contributed by atoms with Crippen LogP contribution in [-0.4, -0.2) is 35.6 Å². The van der Waals surface area contributed by atoms with Crippen molar-refractivity contribution in [2.45, 2.75) is 52.6 Å². The summed E-state index contributed by atoms with van der Waals surface area (Å²) >= 11 is 0. The first-order valence-electron chi connectivity index (χ1n) is 8.10. The summed E-state index contributed by atoms with van der Waals surface area (Å²) in [5, 5.41) is 3.73. The van der Waals surface area contributed by atoms with Gasteiger partial charge in [0.05, 0.1) is 5.69 Å². The van der Waals surface area contributed by atoms with Gasteiger partial charge in [0.25, 0.3) is 0 Å². The van der Waals surface area contributed by atoms with E-state index in [2.05, 4.69) is 42.0 Å². The Labute approximate surface area is 123 Å². The van der Waals surface area contributed by atoms with Crippen LogP contribution < -0.4 is 5.32 Å². The third-order valence-electron chi connectivity index (χ3n) is 4.49. The first-order valence-corrected chi connectivity index (χ1v) is 8.10. The number of likely N-dealkylation sites (tertiary alicyclic amines) is 1. The summed E-state index contributed by atoms with van der Waals surface area (Å²) < 4.78 is 0. The zero-order valence-corrected chi connectivity index (χ0v) is 13.2. The van der Waals surface area contributed by atoms with Crippen molar-refractivity contribution < 1.29 is 0 Å². The lowest BCUT2D eigenvalue weighted by Gasteiger charge is -2.38. The van der Waals surface area contributed by atoms with E-state index in [9.17, 15) is 0 Å². The third kappa shape index (κ3) is 4.03. The minimum Gasteiger partial charge on any atom is -0.314 e. The summed E-state index contributed by atoms with van der Waals surface area (Å²) in [4.78, 5) is 7.11. The van der Waals surface area contributed by atoms with Crippen LogP contribution in [0, 0.1) is 12.8 Å². The van der Waals surface area contributed by atoms with Crippen molar-refractivity contribution in [1.29, 1.82) is 0 Å². The van der Waals surface area contributed by atoms with Crippen molar-refractivity contribution in [1.82, 2.24) is 15.2 Å². The van der Waals surface area contributed by atoms with Crippen molar-refractivity contribution in [3.8, 4) is 0 Å². The van der Waals surface area contributed by atoms with E-state index in [-0.39, 0.29) is 0 Å². The average molecular weight is 275 g/mol. The molecule has 0 spiro atoms. The molecule has 1 aromatic heterocycles. The molecule has 2 heterocycles. The molecule has 0 amide bonds. The molecule has 1 aliphatic rings. The third-order valence-corrected chi connectivity index (χ3v) is 4.49. The van der Waals surface area contributed by atoms with Gasteiger partial charge >= 0.3 is 0 Å². The van der Waals surface area contributed by atoms with E-state index in [0.29, 0.717) is 6.04 Å². The van der Waals surface area contributed by atoms with Crippen LogP contribution in [0.4, 0.5) is 0 Å². The fraction of sp³-hybridized carbons (Fsp3) is 0.706. The van der Waals surface area contributed by atoms with Crippen molar-refractivity contribution in [2.24, 2.45) is 5.92 Å². The van der Waals surface area contributed by atoms with E-state index in [1.165, 1.54) is 43.6 Å². The van der Waals surface area contributed by atoms with Gasteiger partial charge in [-0.2, -0.15) is 0 Å². The van der Waals surface area contributed by atoms with Crippen LogP contribution in [-0.2, 0) is 6.54 Å². The molecule has 0 radical (unpaired) electrons. The first-order chi connectivity index (χ1) is 9.74. The van der Waals surface area contributed by atoms with Crippen LogP contribution in [0.15, 0.2) is 18.3 Å². The Morgan fingerprint density at radius 1 is 1.40 bits per heavy atom. The van der Waals surface area contributed by atoms with E-state index in [0.717, 1.165) is 19.0 Å². The molecule has 1 saturated heterocycles. The number of hydrogen-bond acceptors (Lipinski definition) is 3. The van der Waals surface area contributed by atoms with Crippen LogP contribution in [0.2, 0.25) is 0 Å². The number of aromatic nitrogens is 1. The van der Waals surface area contributed by atoms with Gasteiger partial charge in [0.1, 0.15) is 0 Å². The van der Waals surface area contributed by atoms with Gasteiger partial charge in [-0.1, -0.05) is 26.3 Å². The Morgan fingerprint density at radius 3 is 2.95 bits per heavy atom. The molecule has 0 aliphatic carbocycles. The van der Waals surface area contributed by atoms with Crippen LogP contribution in [0.1, 0.15) is 44.4 Å². The molecule has 1 aliphatic heterocycles. The zero-order chi connectivity index (χ0) is 14.4. The topological polar surface area (TPSA) is 28.2 Å². The van der Waals surface area contributed by atoms with Crippen molar-refractivity contribution in [3.63, 3.8) is 0 Å². The van der Waals surface area contributed by atoms with Crippen molar-refractivity contribution in [2.75, 3.05) is 19.6 Å². The van der Waals surface area contributed by atoms with Crippen molar-refractivity contribution in [3.05, 3.63) is 29.6 Å². The minimum absolute atomic E-state index is 0.709. The highest BCUT2D eigenvalue weighted by molar-refractivity contribution is 5.17. The van der Waals surface area contributed by atoms with Gasteiger partial charge in [-0.25, -0.2) is 0 Å². The number of rotatable bonds is 6. The Morgan fingerprint density at radius 2 is 2.25 bits per heavy atom. The molecule has 1 fully saturated rings. The molecule has 1 N–H and O–H groups in total. The predicted octanol–water partition coefficient (Wildman–Crippen LogP) is 2.99. The molecule has 20 heavy (non-hydrogen) atoms. The Bertz CT molecular complexity index is 405. The quantitative estimate of drug-likeness (QED) is 0.865. The maximum absolute atomic E-state index is 4.53. The smallest absolute Gasteiger partial charge is 0.0573 e. The molecule has 3 nitrogen and oxygen atoms in total. The lowest BCUT2D eigenvalue weighted by Crippen LogP contribution is -2.49. The van der Waals surface area contributed by atoms with Gasteiger partial charge in [-0.05, 0) is 43.9 Å². The molecule has 112 valence electrons. The molecule has 2 unspecified atom stereocenters. The van der Waals surface area contributed by atoms with E-state index in [1.807, 2.05) is 12.3 Å². The molecule has 1 aromatic rings. The lowest BCUT2D eigenvalue weighted by atomic mass is 9.89. The van der Waals surface area contributed by atoms with Crippen LogP contribution in [0.3, 0.4) is 0 Å². The number of aryl methyl sites for hydroxylation is 1. The van der Waals surface area contributed by atoms with Gasteiger partial charge in [0, 0.05) is 31.9 Å². The molecule has 2 rings (SSSR count). The fourth-order valence-corrected chi connectivity index (χ4v) is 3.16. The highest BCUT2D eigenvalue weighted by Gasteiger charge is 2.27. The fourth-order valence-electron chi connectivity index (χ4n) is 3.16. The van der Waals surface area contributed by atoms with Gasteiger partial charge in [0.15, 0.2) is 0 Å². The van der Waals surface area contributed by atoms with Gasteiger partial charge in [-0.15, -0.1) is 0 Å². The molecule has 0 saturated carbocycles. The van der Waals surface area contributed by atoms with Crippen LogP contribution in [0.25, 0.3) is 0 Å². The summed E-state index contributed by atoms with van der Waals surface area (Å²) in [6.45, 7) is 11.3. The number of nitrogens with zero attached hydrogens (tertiary/aromatic N) is 2. The molecule has 3 heteroatoms. The predicted molar refractivity (Wildman–Crippen MR) is 84.7 cm³/mol. The van der Waals surface area contributed by atoms with Crippen molar-refractivity contribution >= 4 is 0 Å². The number of hydrogen-bond donors (Lipinski definition) is 1. The summed E-state index contributed by atoms with van der Waals surface area (Å²) in [5.74, 6) is 0.777. The SMILES string of the molecule is CCCNC1CCN(Cc2ncccc2C)CC1CC.